The molecule has 0 radical (unpaired) electrons. The van der Waals surface area contributed by atoms with E-state index < -0.39 is 6.10 Å². The summed E-state index contributed by atoms with van der Waals surface area (Å²) in [5.41, 5.74) is 5.78. The Morgan fingerprint density at radius 1 is 0.923 bits per heavy atom. The lowest BCUT2D eigenvalue weighted by Crippen LogP contribution is -2.31. The molecule has 0 spiro atoms. The molecule has 11 heteroatoms. The number of nitrogens with zero attached hydrogens (tertiary/aromatic N) is 3. The Balaban J connectivity index is 0.00000297. The van der Waals surface area contributed by atoms with Crippen LogP contribution in [0, 0.1) is 31.1 Å². The van der Waals surface area contributed by atoms with Crippen LogP contribution in [-0.2, 0) is 19.8 Å². The number of piperidine rings is 1. The smallest absolute Gasteiger partial charge is 0.142 e. The van der Waals surface area contributed by atoms with Crippen LogP contribution in [0.2, 0.25) is 10.0 Å². The first-order valence-electron chi connectivity index (χ1n) is 17.3. The molecule has 0 aliphatic carbocycles. The molecule has 1 aromatic heterocycles. The number of aliphatic hydroxyl groups is 2. The van der Waals surface area contributed by atoms with Crippen molar-refractivity contribution < 1.29 is 24.4 Å². The molecule has 0 amide bonds. The summed E-state index contributed by atoms with van der Waals surface area (Å²) in [6.45, 7) is 6.63. The number of terminal acetylenes is 1. The predicted octanol–water partition coefficient (Wildman–Crippen LogP) is 7.34. The van der Waals surface area contributed by atoms with Crippen LogP contribution < -0.4 is 19.5 Å². The molecule has 52 heavy (non-hydrogen) atoms. The number of likely N-dealkylation sites (tertiary alicyclic amines) is 1. The molecule has 274 valence electrons. The quantitative estimate of drug-likeness (QED) is 0.0754. The van der Waals surface area contributed by atoms with Gasteiger partial charge >= 0.3 is 0 Å². The third-order valence-electron chi connectivity index (χ3n) is 8.75. The molecule has 2 heterocycles. The van der Waals surface area contributed by atoms with Gasteiger partial charge in [-0.25, -0.2) is 0 Å². The minimum Gasteiger partial charge on any atom is -0.492 e. The number of aromatic nitrogens is 1. The number of nitrogens with one attached hydrogen (secondary N) is 1. The molecule has 1 fully saturated rings. The van der Waals surface area contributed by atoms with E-state index >= 15 is 0 Å². The van der Waals surface area contributed by atoms with E-state index in [-0.39, 0.29) is 26.4 Å². The van der Waals surface area contributed by atoms with E-state index in [0.717, 1.165) is 46.3 Å². The van der Waals surface area contributed by atoms with Crippen LogP contribution in [0.5, 0.6) is 17.2 Å². The highest BCUT2D eigenvalue weighted by Gasteiger charge is 2.17. The summed E-state index contributed by atoms with van der Waals surface area (Å²) in [4.78, 5) is 6.62. The standard InChI is InChI=1S/C39H44Cl2N4O5.C2H2/c1-27-30(8-5-9-33(27)34-10-6-11-36(39(34)41)48-15-7-14-45-12-3-2-4-13-45)26-50-38-18-37(49-25-29-16-28(19-42)20-43-21-29)31(17-35(38)40)22-44-23-32(47)24-46;1-2/h5-6,8-11,16-18,20-21,32,44,46-47H,2-4,7,12-15,22-26H2,1H3;1-2H. The highest BCUT2D eigenvalue weighted by Crippen LogP contribution is 2.38. The topological polar surface area (TPSA) is 120 Å². The van der Waals surface area contributed by atoms with E-state index in [1.807, 2.05) is 43.3 Å². The van der Waals surface area contributed by atoms with Gasteiger partial charge in [-0.05, 0) is 74.2 Å². The van der Waals surface area contributed by atoms with Gasteiger partial charge in [0.2, 0.25) is 0 Å². The zero-order valence-electron chi connectivity index (χ0n) is 29.5. The van der Waals surface area contributed by atoms with Crippen LogP contribution in [0.25, 0.3) is 11.1 Å². The summed E-state index contributed by atoms with van der Waals surface area (Å²) in [5.74, 6) is 1.63. The van der Waals surface area contributed by atoms with Crippen molar-refractivity contribution in [3.8, 4) is 47.3 Å². The fraction of sp³-hybridized carbons (Fsp3) is 0.366. The summed E-state index contributed by atoms with van der Waals surface area (Å²) in [6, 6.07) is 19.2. The molecule has 0 saturated carbocycles. The number of rotatable bonds is 17. The van der Waals surface area contributed by atoms with E-state index in [1.54, 1.807) is 24.4 Å². The Labute approximate surface area is 317 Å². The first-order chi connectivity index (χ1) is 25.4. The highest BCUT2D eigenvalue weighted by molar-refractivity contribution is 6.35. The van der Waals surface area contributed by atoms with E-state index in [0.29, 0.717) is 46.0 Å². The summed E-state index contributed by atoms with van der Waals surface area (Å²) in [7, 11) is 0. The maximum Gasteiger partial charge on any atom is 0.142 e. The molecule has 5 rings (SSSR count). The monoisotopic (exact) mass is 744 g/mol. The molecule has 1 unspecified atom stereocenters. The summed E-state index contributed by atoms with van der Waals surface area (Å²) in [5, 5.41) is 32.3. The highest BCUT2D eigenvalue weighted by atomic mass is 35.5. The fourth-order valence-electron chi connectivity index (χ4n) is 5.96. The molecule has 1 saturated heterocycles. The number of ether oxygens (including phenoxy) is 3. The van der Waals surface area contributed by atoms with Gasteiger partial charge in [0.05, 0.1) is 34.9 Å². The Morgan fingerprint density at radius 2 is 1.67 bits per heavy atom. The number of halogens is 2. The second-order valence-corrected chi connectivity index (χ2v) is 13.2. The van der Waals surface area contributed by atoms with Gasteiger partial charge in [0.25, 0.3) is 0 Å². The SMILES string of the molecule is C#C.Cc1c(COc2cc(OCc3cncc(C#N)c3)c(CNCC(O)CO)cc2Cl)cccc1-c1cccc(OCCCN2CCCCC2)c1Cl. The van der Waals surface area contributed by atoms with Gasteiger partial charge < -0.3 is 34.6 Å². The van der Waals surface area contributed by atoms with Gasteiger partial charge in [-0.15, -0.1) is 12.8 Å². The molecule has 3 aromatic carbocycles. The van der Waals surface area contributed by atoms with Crippen molar-refractivity contribution in [3.05, 3.63) is 105 Å². The van der Waals surface area contributed by atoms with E-state index in [4.69, 9.17) is 37.4 Å². The Kier molecular flexibility index (Phi) is 16.5. The zero-order chi connectivity index (χ0) is 37.3. The lowest BCUT2D eigenvalue weighted by atomic mass is 9.96. The number of nitriles is 1. The molecule has 1 atom stereocenters. The molecule has 1 aliphatic heterocycles. The zero-order valence-corrected chi connectivity index (χ0v) is 31.0. The Morgan fingerprint density at radius 3 is 2.44 bits per heavy atom. The molecule has 9 nitrogen and oxygen atoms in total. The lowest BCUT2D eigenvalue weighted by molar-refractivity contribution is 0.0941. The predicted molar refractivity (Wildman–Crippen MR) is 206 cm³/mol. The van der Waals surface area contributed by atoms with Crippen molar-refractivity contribution in [2.75, 3.05) is 39.4 Å². The van der Waals surface area contributed by atoms with Crippen molar-refractivity contribution in [3.63, 3.8) is 0 Å². The van der Waals surface area contributed by atoms with Crippen LogP contribution in [0.15, 0.2) is 67.0 Å². The third-order valence-corrected chi connectivity index (χ3v) is 9.43. The number of hydrogen-bond donors (Lipinski definition) is 3. The fourth-order valence-corrected chi connectivity index (χ4v) is 6.48. The van der Waals surface area contributed by atoms with Gasteiger partial charge in [-0.2, -0.15) is 5.26 Å². The molecule has 4 aromatic rings. The molecule has 0 bridgehead atoms. The van der Waals surface area contributed by atoms with Crippen molar-refractivity contribution in [1.29, 1.82) is 5.26 Å². The van der Waals surface area contributed by atoms with Crippen molar-refractivity contribution in [2.45, 2.75) is 58.5 Å². The van der Waals surface area contributed by atoms with Crippen LogP contribution in [0.3, 0.4) is 0 Å². The molecule has 1 aliphatic rings. The molecule has 3 N–H and O–H groups in total. The first kappa shape index (κ1) is 40.5. The maximum atomic E-state index is 9.77. The maximum absolute atomic E-state index is 9.77. The van der Waals surface area contributed by atoms with Gasteiger partial charge in [0.1, 0.15) is 36.5 Å². The minimum absolute atomic E-state index is 0.166. The van der Waals surface area contributed by atoms with Gasteiger partial charge in [0, 0.05) is 54.8 Å². The van der Waals surface area contributed by atoms with E-state index in [1.165, 1.54) is 38.5 Å². The number of hydrogen-bond acceptors (Lipinski definition) is 9. The first-order valence-corrected chi connectivity index (χ1v) is 18.1. The van der Waals surface area contributed by atoms with Gasteiger partial charge in [0.15, 0.2) is 0 Å². The largest absolute Gasteiger partial charge is 0.492 e. The summed E-state index contributed by atoms with van der Waals surface area (Å²) in [6.07, 6.45) is 15.1. The van der Waals surface area contributed by atoms with Crippen LogP contribution in [0.4, 0.5) is 0 Å². The summed E-state index contributed by atoms with van der Waals surface area (Å²) < 4.78 is 18.6. The van der Waals surface area contributed by atoms with Crippen molar-refractivity contribution in [1.82, 2.24) is 15.2 Å². The number of benzene rings is 3. The average molecular weight is 746 g/mol. The average Bonchev–Trinajstić information content (AvgIpc) is 3.18. The van der Waals surface area contributed by atoms with Crippen LogP contribution in [0.1, 0.15) is 53.5 Å². The van der Waals surface area contributed by atoms with Crippen LogP contribution in [-0.4, -0.2) is 65.6 Å². The number of pyridine rings is 1. The van der Waals surface area contributed by atoms with E-state index in [9.17, 15) is 15.5 Å². The summed E-state index contributed by atoms with van der Waals surface area (Å²) >= 11 is 13.6. The lowest BCUT2D eigenvalue weighted by Gasteiger charge is -2.26. The minimum atomic E-state index is -0.893. The van der Waals surface area contributed by atoms with Gasteiger partial charge in [-0.1, -0.05) is 60.0 Å². The van der Waals surface area contributed by atoms with Crippen molar-refractivity contribution in [2.24, 2.45) is 0 Å². The molecular formula is C41H46Cl2N4O5. The molecular weight excluding hydrogens is 699 g/mol. The van der Waals surface area contributed by atoms with Crippen molar-refractivity contribution >= 4 is 23.2 Å². The van der Waals surface area contributed by atoms with Crippen LogP contribution >= 0.6 is 23.2 Å². The van der Waals surface area contributed by atoms with Gasteiger partial charge in [-0.3, -0.25) is 4.98 Å². The third kappa shape index (κ3) is 11.6. The normalized spacial score (nSPS) is 13.3. The van der Waals surface area contributed by atoms with E-state index in [2.05, 4.69) is 34.1 Å². The Bertz CT molecular complexity index is 1810. The second kappa shape index (κ2) is 21.3. The Hall–Kier alpha value is -4.32. The second-order valence-electron chi connectivity index (χ2n) is 12.4. The number of aliphatic hydroxyl groups excluding tert-OH is 2.